The van der Waals surface area contributed by atoms with E-state index in [0.29, 0.717) is 28.5 Å². The normalized spacial score (nSPS) is 10.9. The fourth-order valence-corrected chi connectivity index (χ4v) is 2.85. The molecule has 2 aromatic carbocycles. The smallest absolute Gasteiger partial charge is 0.231 e. The number of carbonyl (C=O) groups is 1. The Balaban J connectivity index is 1.35. The highest BCUT2D eigenvalue weighted by Crippen LogP contribution is 2.19. The van der Waals surface area contributed by atoms with Gasteiger partial charge in [0.15, 0.2) is 11.5 Å². The summed E-state index contributed by atoms with van der Waals surface area (Å²) in [4.78, 5) is 11.9. The summed E-state index contributed by atoms with van der Waals surface area (Å²) in [5, 5.41) is 15.1. The van der Waals surface area contributed by atoms with E-state index in [4.69, 9.17) is 4.74 Å². The van der Waals surface area contributed by atoms with Crippen LogP contribution in [-0.2, 0) is 11.2 Å². The van der Waals surface area contributed by atoms with Crippen LogP contribution in [-0.4, -0.2) is 38.9 Å². The van der Waals surface area contributed by atoms with Crippen molar-refractivity contribution in [2.75, 3.05) is 13.2 Å². The van der Waals surface area contributed by atoms with E-state index in [1.54, 1.807) is 42.5 Å². The predicted molar refractivity (Wildman–Crippen MR) is 105 cm³/mol. The Kier molecular flexibility index (Phi) is 5.60. The molecule has 0 saturated carbocycles. The summed E-state index contributed by atoms with van der Waals surface area (Å²) >= 11 is 0. The minimum absolute atomic E-state index is 0.0430. The maximum Gasteiger partial charge on any atom is 0.231 e. The first-order valence-corrected chi connectivity index (χ1v) is 9.21. The maximum atomic E-state index is 13.6. The van der Waals surface area contributed by atoms with E-state index in [9.17, 15) is 13.6 Å². The third-order valence-electron chi connectivity index (χ3n) is 4.32. The zero-order chi connectivity index (χ0) is 20.9. The number of hydrogen-bond donors (Lipinski definition) is 1. The molecule has 7 nitrogen and oxygen atoms in total. The molecule has 0 aliphatic rings. The van der Waals surface area contributed by atoms with Crippen molar-refractivity contribution in [2.24, 2.45) is 0 Å². The van der Waals surface area contributed by atoms with Crippen LogP contribution in [0.25, 0.3) is 17.0 Å². The van der Waals surface area contributed by atoms with Gasteiger partial charge < -0.3 is 10.1 Å². The van der Waals surface area contributed by atoms with Gasteiger partial charge in [-0.15, -0.1) is 15.3 Å². The fourth-order valence-electron chi connectivity index (χ4n) is 2.85. The Morgan fingerprint density at radius 3 is 2.60 bits per heavy atom. The Hall–Kier alpha value is -3.88. The molecule has 0 aliphatic carbocycles. The standard InChI is InChI=1S/C21H17F2N5O2/c22-16-7-5-14(6-8-16)21-26-25-18-9-10-20(27-28(18)21)30-12-11-24-19(29)13-15-3-1-2-4-17(15)23/h1-10H,11-13H2,(H,24,29). The number of ether oxygens (including phenoxy) is 1. The summed E-state index contributed by atoms with van der Waals surface area (Å²) in [7, 11) is 0. The number of rotatable bonds is 7. The molecule has 0 unspecified atom stereocenters. The van der Waals surface area contributed by atoms with Crippen LogP contribution < -0.4 is 10.1 Å². The van der Waals surface area contributed by atoms with E-state index in [1.165, 1.54) is 22.7 Å². The molecule has 0 spiro atoms. The van der Waals surface area contributed by atoms with Crippen LogP contribution in [0.2, 0.25) is 0 Å². The number of benzene rings is 2. The lowest BCUT2D eigenvalue weighted by Crippen LogP contribution is -2.29. The van der Waals surface area contributed by atoms with Crippen molar-refractivity contribution in [1.29, 1.82) is 0 Å². The molecule has 0 saturated heterocycles. The van der Waals surface area contributed by atoms with E-state index in [-0.39, 0.29) is 31.3 Å². The molecule has 2 heterocycles. The summed E-state index contributed by atoms with van der Waals surface area (Å²) in [5.74, 6) is -0.291. The number of nitrogens with zero attached hydrogens (tertiary/aromatic N) is 4. The zero-order valence-corrected chi connectivity index (χ0v) is 15.8. The van der Waals surface area contributed by atoms with Crippen molar-refractivity contribution in [3.05, 3.63) is 77.9 Å². The van der Waals surface area contributed by atoms with Crippen molar-refractivity contribution in [3.63, 3.8) is 0 Å². The van der Waals surface area contributed by atoms with Gasteiger partial charge in [-0.2, -0.15) is 4.52 Å². The van der Waals surface area contributed by atoms with E-state index in [0.717, 1.165) is 0 Å². The second kappa shape index (κ2) is 8.64. The van der Waals surface area contributed by atoms with Gasteiger partial charge >= 0.3 is 0 Å². The van der Waals surface area contributed by atoms with Gasteiger partial charge in [-0.3, -0.25) is 4.79 Å². The summed E-state index contributed by atoms with van der Waals surface area (Å²) in [6.07, 6.45) is -0.0430. The third-order valence-corrected chi connectivity index (χ3v) is 4.32. The Morgan fingerprint density at radius 2 is 1.80 bits per heavy atom. The van der Waals surface area contributed by atoms with Crippen LogP contribution in [0.3, 0.4) is 0 Å². The van der Waals surface area contributed by atoms with Gasteiger partial charge in [0, 0.05) is 11.6 Å². The number of fused-ring (bicyclic) bond motifs is 1. The molecular formula is C21H17F2N5O2. The Morgan fingerprint density at radius 1 is 1.00 bits per heavy atom. The van der Waals surface area contributed by atoms with Crippen molar-refractivity contribution < 1.29 is 18.3 Å². The molecule has 1 amide bonds. The minimum Gasteiger partial charge on any atom is -0.475 e. The lowest BCUT2D eigenvalue weighted by molar-refractivity contribution is -0.120. The van der Waals surface area contributed by atoms with Gasteiger partial charge in [0.05, 0.1) is 13.0 Å². The third kappa shape index (κ3) is 4.40. The molecule has 30 heavy (non-hydrogen) atoms. The molecule has 1 N–H and O–H groups in total. The Bertz CT molecular complexity index is 1180. The zero-order valence-electron chi connectivity index (χ0n) is 15.8. The highest BCUT2D eigenvalue weighted by Gasteiger charge is 2.11. The van der Waals surface area contributed by atoms with Gasteiger partial charge in [0.25, 0.3) is 0 Å². The molecule has 0 atom stereocenters. The average molecular weight is 409 g/mol. The van der Waals surface area contributed by atoms with Crippen molar-refractivity contribution in [3.8, 4) is 17.3 Å². The lowest BCUT2D eigenvalue weighted by atomic mass is 10.1. The quantitative estimate of drug-likeness (QED) is 0.475. The first kappa shape index (κ1) is 19.4. The first-order chi connectivity index (χ1) is 14.6. The predicted octanol–water partition coefficient (Wildman–Crippen LogP) is 2.81. The van der Waals surface area contributed by atoms with Crippen LogP contribution >= 0.6 is 0 Å². The van der Waals surface area contributed by atoms with E-state index in [1.807, 2.05) is 0 Å². The molecule has 4 aromatic rings. The van der Waals surface area contributed by atoms with Crippen LogP contribution in [0.5, 0.6) is 5.88 Å². The van der Waals surface area contributed by atoms with E-state index < -0.39 is 5.82 Å². The van der Waals surface area contributed by atoms with Crippen molar-refractivity contribution >= 4 is 11.6 Å². The molecular weight excluding hydrogens is 392 g/mol. The first-order valence-electron chi connectivity index (χ1n) is 9.21. The van der Waals surface area contributed by atoms with Crippen molar-refractivity contribution in [1.82, 2.24) is 25.1 Å². The minimum atomic E-state index is -0.410. The van der Waals surface area contributed by atoms with Gasteiger partial charge in [-0.25, -0.2) is 8.78 Å². The topological polar surface area (TPSA) is 81.4 Å². The second-order valence-electron chi connectivity index (χ2n) is 6.44. The van der Waals surface area contributed by atoms with Gasteiger partial charge in [0.1, 0.15) is 18.2 Å². The number of nitrogens with one attached hydrogen (secondary N) is 1. The molecule has 0 bridgehead atoms. The number of halogens is 2. The number of amides is 1. The summed E-state index contributed by atoms with van der Waals surface area (Å²) in [6.45, 7) is 0.412. The fraction of sp³-hybridized carbons (Fsp3) is 0.143. The second-order valence-corrected chi connectivity index (χ2v) is 6.44. The largest absolute Gasteiger partial charge is 0.475 e. The summed E-state index contributed by atoms with van der Waals surface area (Å²) < 4.78 is 33.8. The van der Waals surface area contributed by atoms with Gasteiger partial charge in [-0.05, 0) is 42.0 Å². The summed E-state index contributed by atoms with van der Waals surface area (Å²) in [5.41, 5.74) is 1.51. The number of aromatic nitrogens is 4. The maximum absolute atomic E-state index is 13.6. The Labute approximate surface area is 170 Å². The molecule has 9 heteroatoms. The highest BCUT2D eigenvalue weighted by atomic mass is 19.1. The monoisotopic (exact) mass is 409 g/mol. The van der Waals surface area contributed by atoms with Gasteiger partial charge in [-0.1, -0.05) is 18.2 Å². The van der Waals surface area contributed by atoms with E-state index in [2.05, 4.69) is 20.6 Å². The van der Waals surface area contributed by atoms with E-state index >= 15 is 0 Å². The van der Waals surface area contributed by atoms with Crippen LogP contribution in [0.4, 0.5) is 8.78 Å². The highest BCUT2D eigenvalue weighted by molar-refractivity contribution is 5.78. The number of carbonyl (C=O) groups excluding carboxylic acids is 1. The molecule has 0 fully saturated rings. The lowest BCUT2D eigenvalue weighted by Gasteiger charge is -2.08. The molecule has 0 aliphatic heterocycles. The van der Waals surface area contributed by atoms with Crippen LogP contribution in [0.15, 0.2) is 60.7 Å². The van der Waals surface area contributed by atoms with Gasteiger partial charge in [0.2, 0.25) is 11.8 Å². The average Bonchev–Trinajstić information content (AvgIpc) is 3.17. The summed E-state index contributed by atoms with van der Waals surface area (Å²) in [6, 6.07) is 15.3. The van der Waals surface area contributed by atoms with Crippen LogP contribution in [0.1, 0.15) is 5.56 Å². The van der Waals surface area contributed by atoms with Crippen molar-refractivity contribution in [2.45, 2.75) is 6.42 Å². The number of hydrogen-bond acceptors (Lipinski definition) is 5. The molecule has 2 aromatic heterocycles. The SMILES string of the molecule is O=C(Cc1ccccc1F)NCCOc1ccc2nnc(-c3ccc(F)cc3)n2n1. The molecule has 0 radical (unpaired) electrons. The molecule has 152 valence electrons. The van der Waals surface area contributed by atoms with Crippen LogP contribution in [0, 0.1) is 11.6 Å². The molecule has 4 rings (SSSR count).